The van der Waals surface area contributed by atoms with Gasteiger partial charge >= 0.3 is 0 Å². The Hall–Kier alpha value is 0.200. The van der Waals surface area contributed by atoms with E-state index in [4.69, 9.17) is 11.6 Å². The molecule has 1 unspecified atom stereocenters. The van der Waals surface area contributed by atoms with Crippen LogP contribution in [0.5, 0.6) is 0 Å². The van der Waals surface area contributed by atoms with Crippen LogP contribution >= 0.6 is 11.6 Å². The standard InChI is InChI=1S/C8H18ClNO2S/c1-4-13(11,12)10-8(6-9)5-7(2)3/h7-8,10H,4-6H2,1-3H3. The molecule has 0 amide bonds. The van der Waals surface area contributed by atoms with Crippen LogP contribution in [0.4, 0.5) is 0 Å². The molecular formula is C8H18ClNO2S. The highest BCUT2D eigenvalue weighted by molar-refractivity contribution is 7.89. The summed E-state index contributed by atoms with van der Waals surface area (Å²) in [5, 5.41) is 0. The first kappa shape index (κ1) is 13.2. The Balaban J connectivity index is 4.13. The summed E-state index contributed by atoms with van der Waals surface area (Å²) in [4.78, 5) is 0. The summed E-state index contributed by atoms with van der Waals surface area (Å²) in [7, 11) is -3.11. The van der Waals surface area contributed by atoms with E-state index < -0.39 is 10.0 Å². The SMILES string of the molecule is CCS(=O)(=O)NC(CCl)CC(C)C. The zero-order chi connectivity index (χ0) is 10.5. The number of nitrogens with one attached hydrogen (secondary N) is 1. The highest BCUT2D eigenvalue weighted by atomic mass is 35.5. The van der Waals surface area contributed by atoms with E-state index in [0.717, 1.165) is 6.42 Å². The summed E-state index contributed by atoms with van der Waals surface area (Å²) in [6.45, 7) is 5.70. The predicted molar refractivity (Wildman–Crippen MR) is 56.6 cm³/mol. The minimum Gasteiger partial charge on any atom is -0.212 e. The Morgan fingerprint density at radius 3 is 2.23 bits per heavy atom. The van der Waals surface area contributed by atoms with E-state index >= 15 is 0 Å². The first-order valence-electron chi connectivity index (χ1n) is 4.47. The topological polar surface area (TPSA) is 46.2 Å². The van der Waals surface area contributed by atoms with Crippen molar-refractivity contribution in [3.8, 4) is 0 Å². The largest absolute Gasteiger partial charge is 0.212 e. The second kappa shape index (κ2) is 5.83. The van der Waals surface area contributed by atoms with Gasteiger partial charge in [0.2, 0.25) is 10.0 Å². The molecule has 0 aromatic rings. The fourth-order valence-corrected chi connectivity index (χ4v) is 2.20. The molecule has 3 nitrogen and oxygen atoms in total. The van der Waals surface area contributed by atoms with E-state index in [1.165, 1.54) is 0 Å². The summed E-state index contributed by atoms with van der Waals surface area (Å²) in [5.74, 6) is 0.888. The van der Waals surface area contributed by atoms with E-state index in [2.05, 4.69) is 4.72 Å². The monoisotopic (exact) mass is 227 g/mol. The molecule has 0 saturated heterocycles. The fraction of sp³-hybridized carbons (Fsp3) is 1.00. The third-order valence-corrected chi connectivity index (χ3v) is 3.49. The van der Waals surface area contributed by atoms with Crippen molar-refractivity contribution in [2.45, 2.75) is 33.2 Å². The molecule has 80 valence electrons. The lowest BCUT2D eigenvalue weighted by Gasteiger charge is -2.17. The predicted octanol–water partition coefficient (Wildman–Crippen LogP) is 1.58. The Bertz CT molecular complexity index is 226. The van der Waals surface area contributed by atoms with Crippen LogP contribution in [0.25, 0.3) is 0 Å². The molecule has 0 spiro atoms. The Morgan fingerprint density at radius 2 is 1.92 bits per heavy atom. The van der Waals surface area contributed by atoms with Crippen molar-refractivity contribution < 1.29 is 8.42 Å². The summed E-state index contributed by atoms with van der Waals surface area (Å²) < 4.78 is 24.9. The van der Waals surface area contributed by atoms with Crippen molar-refractivity contribution in [1.29, 1.82) is 0 Å². The Kier molecular flexibility index (Phi) is 5.92. The lowest BCUT2D eigenvalue weighted by molar-refractivity contribution is 0.485. The molecule has 0 aromatic carbocycles. The maximum Gasteiger partial charge on any atom is 0.211 e. The van der Waals surface area contributed by atoms with Crippen molar-refractivity contribution in [2.75, 3.05) is 11.6 Å². The van der Waals surface area contributed by atoms with Crippen molar-refractivity contribution >= 4 is 21.6 Å². The van der Waals surface area contributed by atoms with E-state index in [9.17, 15) is 8.42 Å². The van der Waals surface area contributed by atoms with Gasteiger partial charge in [0.05, 0.1) is 5.75 Å². The number of hydrogen-bond donors (Lipinski definition) is 1. The maximum atomic E-state index is 11.2. The molecule has 0 rings (SSSR count). The van der Waals surface area contributed by atoms with Gasteiger partial charge in [0.1, 0.15) is 0 Å². The minimum absolute atomic E-state index is 0.110. The molecule has 0 saturated carbocycles. The quantitative estimate of drug-likeness (QED) is 0.701. The summed E-state index contributed by atoms with van der Waals surface area (Å²) in [6.07, 6.45) is 0.780. The van der Waals surface area contributed by atoms with E-state index in [-0.39, 0.29) is 11.8 Å². The van der Waals surface area contributed by atoms with Gasteiger partial charge in [-0.2, -0.15) is 0 Å². The molecule has 13 heavy (non-hydrogen) atoms. The first-order chi connectivity index (χ1) is 5.91. The van der Waals surface area contributed by atoms with Gasteiger partial charge in [-0.1, -0.05) is 13.8 Å². The molecule has 5 heteroatoms. The van der Waals surface area contributed by atoms with E-state index in [0.29, 0.717) is 11.8 Å². The number of alkyl halides is 1. The average Bonchev–Trinajstić information content (AvgIpc) is 2.02. The lowest BCUT2D eigenvalue weighted by atomic mass is 10.1. The van der Waals surface area contributed by atoms with Crippen LogP contribution in [-0.2, 0) is 10.0 Å². The third-order valence-electron chi connectivity index (χ3n) is 1.67. The minimum atomic E-state index is -3.11. The van der Waals surface area contributed by atoms with Gasteiger partial charge in [0, 0.05) is 11.9 Å². The molecule has 0 heterocycles. The molecule has 1 N–H and O–H groups in total. The zero-order valence-corrected chi connectivity index (χ0v) is 9.95. The van der Waals surface area contributed by atoms with Crippen LogP contribution in [0.15, 0.2) is 0 Å². The summed E-state index contributed by atoms with van der Waals surface area (Å²) in [6, 6.07) is -0.133. The van der Waals surface area contributed by atoms with Crippen molar-refractivity contribution in [2.24, 2.45) is 5.92 Å². The Morgan fingerprint density at radius 1 is 1.38 bits per heavy atom. The first-order valence-corrected chi connectivity index (χ1v) is 6.66. The molecule has 0 aliphatic rings. The van der Waals surface area contributed by atoms with Gasteiger partial charge in [-0.15, -0.1) is 11.6 Å². The molecule has 0 radical (unpaired) electrons. The highest BCUT2D eigenvalue weighted by Crippen LogP contribution is 2.07. The molecule has 0 aliphatic heterocycles. The van der Waals surface area contributed by atoms with Gasteiger partial charge in [-0.3, -0.25) is 0 Å². The third kappa shape index (κ3) is 6.29. The fourth-order valence-electron chi connectivity index (χ4n) is 1.05. The van der Waals surface area contributed by atoms with Gasteiger partial charge in [-0.05, 0) is 19.3 Å². The average molecular weight is 228 g/mol. The smallest absolute Gasteiger partial charge is 0.211 e. The van der Waals surface area contributed by atoms with Crippen LogP contribution in [0, 0.1) is 5.92 Å². The normalized spacial score (nSPS) is 14.8. The summed E-state index contributed by atoms with van der Waals surface area (Å²) >= 11 is 5.65. The van der Waals surface area contributed by atoms with Gasteiger partial charge in [0.15, 0.2) is 0 Å². The van der Waals surface area contributed by atoms with Crippen LogP contribution in [-0.4, -0.2) is 26.1 Å². The van der Waals surface area contributed by atoms with Crippen LogP contribution in [0.2, 0.25) is 0 Å². The molecule has 0 aromatic heterocycles. The Labute approximate surface area is 85.9 Å². The number of rotatable bonds is 6. The number of hydrogen-bond acceptors (Lipinski definition) is 2. The van der Waals surface area contributed by atoms with Crippen LogP contribution < -0.4 is 4.72 Å². The molecule has 1 atom stereocenters. The zero-order valence-electron chi connectivity index (χ0n) is 8.38. The molecule has 0 bridgehead atoms. The lowest BCUT2D eigenvalue weighted by Crippen LogP contribution is -2.37. The summed E-state index contributed by atoms with van der Waals surface area (Å²) in [5.41, 5.74) is 0. The van der Waals surface area contributed by atoms with Crippen molar-refractivity contribution in [3.05, 3.63) is 0 Å². The number of sulfonamides is 1. The highest BCUT2D eigenvalue weighted by Gasteiger charge is 2.15. The van der Waals surface area contributed by atoms with Crippen LogP contribution in [0.3, 0.4) is 0 Å². The van der Waals surface area contributed by atoms with E-state index in [1.54, 1.807) is 6.92 Å². The van der Waals surface area contributed by atoms with Crippen molar-refractivity contribution in [1.82, 2.24) is 4.72 Å². The number of halogens is 1. The molecule has 0 aliphatic carbocycles. The molecular weight excluding hydrogens is 210 g/mol. The van der Waals surface area contributed by atoms with Gasteiger partial charge < -0.3 is 0 Å². The van der Waals surface area contributed by atoms with Crippen molar-refractivity contribution in [3.63, 3.8) is 0 Å². The van der Waals surface area contributed by atoms with Gasteiger partial charge in [0.25, 0.3) is 0 Å². The molecule has 0 fully saturated rings. The van der Waals surface area contributed by atoms with Crippen LogP contribution in [0.1, 0.15) is 27.2 Å². The second-order valence-electron chi connectivity index (χ2n) is 3.50. The second-order valence-corrected chi connectivity index (χ2v) is 5.85. The van der Waals surface area contributed by atoms with Gasteiger partial charge in [-0.25, -0.2) is 13.1 Å². The van der Waals surface area contributed by atoms with E-state index in [1.807, 2.05) is 13.8 Å². The maximum absolute atomic E-state index is 11.2.